The number of carboxylic acid groups (broad SMARTS) is 4. The Morgan fingerprint density at radius 3 is 2.15 bits per heavy atom. The summed E-state index contributed by atoms with van der Waals surface area (Å²) in [4.78, 5) is 78.4. The van der Waals surface area contributed by atoms with Crippen LogP contribution in [0.4, 0.5) is 0 Å². The smallest absolute Gasteiger partial charge is 0.338 e. The average Bonchev–Trinajstić information content (AvgIpc) is 3.74. The number of hydrogen-bond donors (Lipinski definition) is 7. The van der Waals surface area contributed by atoms with Crippen molar-refractivity contribution in [1.29, 1.82) is 0 Å². The van der Waals surface area contributed by atoms with Gasteiger partial charge in [0.15, 0.2) is 0 Å². The number of allylic oxidation sites excluding steroid dienone is 1. The summed E-state index contributed by atoms with van der Waals surface area (Å²) in [5, 5.41) is 41.4. The molecule has 0 aromatic carbocycles. The van der Waals surface area contributed by atoms with Gasteiger partial charge in [-0.15, -0.1) is 0 Å². The number of hydrogen-bond acceptors (Lipinski definition) is 7. The van der Waals surface area contributed by atoms with Crippen molar-refractivity contribution in [3.05, 3.63) is 75.4 Å². The maximum atomic E-state index is 13.6. The van der Waals surface area contributed by atoms with E-state index in [-0.39, 0.29) is 64.9 Å². The molecule has 5 heterocycles. The molecule has 5 rings (SSSR count). The molecule has 0 saturated heterocycles. The van der Waals surface area contributed by atoms with Gasteiger partial charge < -0.3 is 35.7 Å². The van der Waals surface area contributed by atoms with Crippen molar-refractivity contribution < 1.29 is 44.4 Å². The Bertz CT molecular complexity index is 2250. The summed E-state index contributed by atoms with van der Waals surface area (Å²) in [6, 6.07) is 3.81. The third kappa shape index (κ3) is 8.14. The number of nitrogens with zero attached hydrogens (tertiary/aromatic N) is 2. The number of nitrogens with one attached hydrogen (secondary N) is 3. The van der Waals surface area contributed by atoms with Gasteiger partial charge in [0, 0.05) is 86.7 Å². The Morgan fingerprint density at radius 1 is 0.906 bits per heavy atom. The zero-order valence-corrected chi connectivity index (χ0v) is 32.5. The van der Waals surface area contributed by atoms with Crippen LogP contribution in [0.2, 0.25) is 0 Å². The van der Waals surface area contributed by atoms with Crippen molar-refractivity contribution in [2.45, 2.75) is 84.6 Å². The van der Waals surface area contributed by atoms with Crippen molar-refractivity contribution in [3.63, 3.8) is 0 Å². The van der Waals surface area contributed by atoms with Crippen molar-refractivity contribution >= 4 is 98.6 Å². The zero-order chi connectivity index (χ0) is 38.2. The van der Waals surface area contributed by atoms with E-state index < -0.39 is 60.5 Å². The van der Waals surface area contributed by atoms with Gasteiger partial charge in [-0.25, -0.2) is 14.6 Å². The van der Waals surface area contributed by atoms with Crippen LogP contribution in [-0.4, -0.2) is 106 Å². The summed E-state index contributed by atoms with van der Waals surface area (Å²) in [6.07, 6.45) is 0.722. The topological polar surface area (TPSA) is 236 Å². The molecule has 53 heavy (non-hydrogen) atoms. The summed E-state index contributed by atoms with van der Waals surface area (Å²) in [5.74, 6) is -7.32. The van der Waals surface area contributed by atoms with Gasteiger partial charge in [-0.05, 0) is 74.1 Å². The minimum atomic E-state index is -1.77. The molecule has 14 nitrogen and oxygen atoms in total. The number of aromatic nitrogens is 4. The summed E-state index contributed by atoms with van der Waals surface area (Å²) >= 11 is 0. The average molecular weight is 735 g/mol. The van der Waals surface area contributed by atoms with Crippen LogP contribution in [0.15, 0.2) is 24.8 Å². The van der Waals surface area contributed by atoms with Crippen LogP contribution in [0, 0.1) is 13.8 Å². The van der Waals surface area contributed by atoms with Crippen molar-refractivity contribution in [2.24, 2.45) is 0 Å². The van der Waals surface area contributed by atoms with Crippen molar-refractivity contribution in [1.82, 2.24) is 25.3 Å². The monoisotopic (exact) mass is 734 g/mol. The predicted octanol–water partition coefficient (Wildman–Crippen LogP) is 5.11. The Kier molecular flexibility index (Phi) is 12.5. The first-order valence-corrected chi connectivity index (χ1v) is 16.8. The fraction of sp³-hybridized carbons (Fsp3) is 0.342. The van der Waals surface area contributed by atoms with E-state index in [0.29, 0.717) is 28.9 Å². The first-order chi connectivity index (χ1) is 24.6. The van der Waals surface area contributed by atoms with Crippen LogP contribution in [0.1, 0.15) is 102 Å². The standard InChI is InChI=1S/C38H41N5O9.Na/c1-7-20-16(3)24-12-26-18(5)22(9-10-32(45)46)35(42-26)23(11-31(44)41-30(37(49)50)15-33(47)48)36-34(38(51)52)19(6)27(43-36)14-29-21(8-2)17(4)25(40-29)13-28(20)39-24;/h7,12-14,18,22,30,39-40H,1,8-11,15H2,2-6H3,(H,41,44)(H,45,46)(H,47,48)(H,49,50)(H,51,52);/t18-,22-,30-;/m0./s1. The van der Waals surface area contributed by atoms with Gasteiger partial charge in [0.05, 0.1) is 35.5 Å². The summed E-state index contributed by atoms with van der Waals surface area (Å²) in [6.45, 7) is 13.4. The Hall–Kier alpha value is -5.05. The fourth-order valence-corrected chi connectivity index (χ4v) is 7.16. The molecule has 0 aliphatic carbocycles. The Morgan fingerprint density at radius 2 is 1.57 bits per heavy atom. The molecule has 8 bridgehead atoms. The Balaban J connectivity index is 0.00000627. The van der Waals surface area contributed by atoms with Gasteiger partial charge in [-0.1, -0.05) is 26.5 Å². The van der Waals surface area contributed by atoms with E-state index in [2.05, 4.69) is 21.9 Å². The minimum absolute atomic E-state index is 0. The van der Waals surface area contributed by atoms with Crippen molar-refractivity contribution in [2.75, 3.05) is 0 Å². The number of aromatic amines is 2. The molecule has 0 unspecified atom stereocenters. The molecule has 3 atom stereocenters. The van der Waals surface area contributed by atoms with Crippen molar-refractivity contribution in [3.8, 4) is 0 Å². The Labute approximate surface area is 326 Å². The second-order valence-electron chi connectivity index (χ2n) is 13.1. The van der Waals surface area contributed by atoms with Crippen LogP contribution < -0.4 is 5.32 Å². The van der Waals surface area contributed by atoms with Crippen LogP contribution in [0.5, 0.6) is 0 Å². The molecule has 0 spiro atoms. The van der Waals surface area contributed by atoms with Crippen LogP contribution >= 0.6 is 0 Å². The van der Waals surface area contributed by atoms with E-state index in [1.165, 1.54) is 0 Å². The molecule has 273 valence electrons. The summed E-state index contributed by atoms with van der Waals surface area (Å²) < 4.78 is 0. The van der Waals surface area contributed by atoms with E-state index in [4.69, 9.17) is 9.97 Å². The number of fused-ring (bicyclic) bond motifs is 8. The minimum Gasteiger partial charge on any atom is -0.481 e. The quantitative estimate of drug-likeness (QED) is 0.121. The number of H-pyrrole nitrogens is 2. The molecule has 3 aromatic heterocycles. The summed E-state index contributed by atoms with van der Waals surface area (Å²) in [5.41, 5.74) is 7.95. The number of aryl methyl sites for hydroxylation is 3. The van der Waals surface area contributed by atoms with E-state index in [9.17, 15) is 44.4 Å². The number of carbonyl (C=O) groups is 5. The molecule has 1 radical (unpaired) electrons. The third-order valence-corrected chi connectivity index (χ3v) is 9.96. The predicted molar refractivity (Wildman–Crippen MR) is 199 cm³/mol. The molecule has 7 N–H and O–H groups in total. The molecule has 15 heteroatoms. The van der Waals surface area contributed by atoms with Gasteiger partial charge in [0.25, 0.3) is 0 Å². The maximum Gasteiger partial charge on any atom is 0.338 e. The van der Waals surface area contributed by atoms with Crippen LogP contribution in [0.25, 0.3) is 39.3 Å². The van der Waals surface area contributed by atoms with E-state index in [1.807, 2.05) is 39.8 Å². The van der Waals surface area contributed by atoms with Gasteiger partial charge in [-0.3, -0.25) is 19.4 Å². The van der Waals surface area contributed by atoms with Crippen LogP contribution in [0.3, 0.4) is 0 Å². The molecule has 0 saturated carbocycles. The van der Waals surface area contributed by atoms with Gasteiger partial charge >= 0.3 is 23.9 Å². The molecule has 2 aliphatic rings. The zero-order valence-electron chi connectivity index (χ0n) is 30.5. The summed E-state index contributed by atoms with van der Waals surface area (Å²) in [7, 11) is 0. The normalized spacial score (nSPS) is 15.7. The number of amides is 1. The number of aliphatic carboxylic acids is 4. The van der Waals surface area contributed by atoms with E-state index >= 15 is 0 Å². The number of carboxylic acids is 4. The van der Waals surface area contributed by atoms with Gasteiger partial charge in [-0.2, -0.15) is 0 Å². The molecule has 0 fully saturated rings. The largest absolute Gasteiger partial charge is 0.481 e. The number of carbonyl (C=O) groups excluding carboxylic acids is 1. The van der Waals surface area contributed by atoms with E-state index in [1.54, 1.807) is 19.1 Å². The SMILES string of the molecule is C=Cc1c(C)c2cc3nc(c(CC(=O)N[C@@H](CC(=O)O)C(=O)O)c4nc(cc5[nH]c(cc1[nH]2)c(C)c5CC)C(C)=C4C(=O)O)[C@@H](CCC(=O)O)[C@@H]3C.[Na]. The molecule has 2 aliphatic heterocycles. The first-order valence-electron chi connectivity index (χ1n) is 16.8. The fourth-order valence-electron chi connectivity index (χ4n) is 7.16. The molecule has 1 amide bonds. The molecule has 3 aromatic rings. The second-order valence-corrected chi connectivity index (χ2v) is 13.1. The van der Waals surface area contributed by atoms with Gasteiger partial charge in [0.1, 0.15) is 6.04 Å². The molecular formula is C38H41N5NaO9. The third-order valence-electron chi connectivity index (χ3n) is 9.96. The second kappa shape index (κ2) is 16.3. The maximum absolute atomic E-state index is 13.6. The number of rotatable bonds is 12. The van der Waals surface area contributed by atoms with E-state index in [0.717, 1.165) is 38.8 Å². The molecular weight excluding hydrogens is 693 g/mol. The van der Waals surface area contributed by atoms with Gasteiger partial charge in [0.2, 0.25) is 5.91 Å². The van der Waals surface area contributed by atoms with Crippen LogP contribution in [-0.2, 0) is 36.8 Å². The first kappa shape index (κ1) is 40.7.